The number of anilines is 2. The van der Waals surface area contributed by atoms with Crippen LogP contribution in [0.5, 0.6) is 0 Å². The summed E-state index contributed by atoms with van der Waals surface area (Å²) in [6.45, 7) is 1.36. The lowest BCUT2D eigenvalue weighted by molar-refractivity contribution is -0.384. The van der Waals surface area contributed by atoms with E-state index in [0.29, 0.717) is 22.9 Å². The van der Waals surface area contributed by atoms with Crippen LogP contribution in [-0.4, -0.2) is 34.1 Å². The summed E-state index contributed by atoms with van der Waals surface area (Å²) in [6, 6.07) is 15.1. The first-order valence-corrected chi connectivity index (χ1v) is 10.8. The molecule has 10 heteroatoms. The van der Waals surface area contributed by atoms with Gasteiger partial charge in [-0.05, 0) is 73.6 Å². The first-order chi connectivity index (χ1) is 15.9. The SMILES string of the molecule is O=C(NC(=S)Nc1ccc(-c2ccc(CO)o2)cc1)c1ccc(N2CCCC2)c([N+](=O)[O-])c1. The van der Waals surface area contributed by atoms with E-state index in [1.165, 1.54) is 6.07 Å². The van der Waals surface area contributed by atoms with Crippen molar-refractivity contribution in [3.05, 3.63) is 76.0 Å². The number of carbonyl (C=O) groups is 1. The highest BCUT2D eigenvalue weighted by molar-refractivity contribution is 7.80. The number of carbonyl (C=O) groups excluding carboxylic acids is 1. The molecule has 0 atom stereocenters. The smallest absolute Gasteiger partial charge is 0.293 e. The van der Waals surface area contributed by atoms with Gasteiger partial charge in [-0.1, -0.05) is 0 Å². The highest BCUT2D eigenvalue weighted by Crippen LogP contribution is 2.31. The van der Waals surface area contributed by atoms with Crippen molar-refractivity contribution in [2.45, 2.75) is 19.4 Å². The van der Waals surface area contributed by atoms with Crippen molar-refractivity contribution in [2.24, 2.45) is 0 Å². The third kappa shape index (κ3) is 5.18. The van der Waals surface area contributed by atoms with Gasteiger partial charge >= 0.3 is 0 Å². The molecule has 0 saturated carbocycles. The van der Waals surface area contributed by atoms with E-state index in [0.717, 1.165) is 31.5 Å². The molecule has 0 bridgehead atoms. The molecule has 1 fully saturated rings. The number of thiocarbonyl (C=S) groups is 1. The second kappa shape index (κ2) is 9.80. The second-order valence-electron chi connectivity index (χ2n) is 7.56. The zero-order chi connectivity index (χ0) is 23.4. The maximum Gasteiger partial charge on any atom is 0.293 e. The van der Waals surface area contributed by atoms with Crippen molar-refractivity contribution < 1.29 is 19.2 Å². The number of rotatable bonds is 6. The minimum absolute atomic E-state index is 0.0691. The van der Waals surface area contributed by atoms with Gasteiger partial charge in [0.25, 0.3) is 11.6 Å². The fourth-order valence-electron chi connectivity index (χ4n) is 3.71. The number of aliphatic hydroxyl groups is 1. The van der Waals surface area contributed by atoms with Gasteiger partial charge in [0, 0.05) is 36.0 Å². The Labute approximate surface area is 195 Å². The molecular formula is C23H22N4O5S. The first kappa shape index (κ1) is 22.4. The number of furan rings is 1. The van der Waals surface area contributed by atoms with Gasteiger partial charge < -0.3 is 19.7 Å². The Kier molecular flexibility index (Phi) is 6.66. The molecule has 0 radical (unpaired) electrons. The van der Waals surface area contributed by atoms with E-state index in [1.807, 2.05) is 17.0 Å². The molecular weight excluding hydrogens is 444 g/mol. The second-order valence-corrected chi connectivity index (χ2v) is 7.97. The lowest BCUT2D eigenvalue weighted by Crippen LogP contribution is -2.34. The fraction of sp³-hybridized carbons (Fsp3) is 0.217. The number of nitro groups is 1. The minimum Gasteiger partial charge on any atom is -0.459 e. The summed E-state index contributed by atoms with van der Waals surface area (Å²) in [7, 11) is 0. The molecule has 3 aromatic rings. The Morgan fingerprint density at radius 3 is 2.48 bits per heavy atom. The summed E-state index contributed by atoms with van der Waals surface area (Å²) in [5, 5.41) is 26.2. The van der Waals surface area contributed by atoms with Gasteiger partial charge in [0.05, 0.1) is 4.92 Å². The van der Waals surface area contributed by atoms with E-state index < -0.39 is 10.8 Å². The molecule has 33 heavy (non-hydrogen) atoms. The van der Waals surface area contributed by atoms with Crippen LogP contribution in [0, 0.1) is 10.1 Å². The van der Waals surface area contributed by atoms with E-state index in [-0.39, 0.29) is 23.0 Å². The van der Waals surface area contributed by atoms with Crippen molar-refractivity contribution in [1.82, 2.24) is 5.32 Å². The average molecular weight is 467 g/mol. The minimum atomic E-state index is -0.535. The van der Waals surface area contributed by atoms with Gasteiger partial charge in [-0.15, -0.1) is 0 Å². The molecule has 1 aliphatic rings. The Morgan fingerprint density at radius 1 is 1.12 bits per heavy atom. The van der Waals surface area contributed by atoms with Gasteiger partial charge in [0.1, 0.15) is 23.8 Å². The number of benzene rings is 2. The predicted molar refractivity (Wildman–Crippen MR) is 128 cm³/mol. The molecule has 3 N–H and O–H groups in total. The molecule has 2 heterocycles. The van der Waals surface area contributed by atoms with E-state index >= 15 is 0 Å². The molecule has 0 aliphatic carbocycles. The van der Waals surface area contributed by atoms with Crippen molar-refractivity contribution in [2.75, 3.05) is 23.3 Å². The Bertz CT molecular complexity index is 1190. The molecule has 1 aliphatic heterocycles. The van der Waals surface area contributed by atoms with Crippen molar-refractivity contribution in [1.29, 1.82) is 0 Å². The molecule has 1 aromatic heterocycles. The monoisotopic (exact) mass is 466 g/mol. The average Bonchev–Trinajstić information content (AvgIpc) is 3.51. The number of nitrogens with one attached hydrogen (secondary N) is 2. The van der Waals surface area contributed by atoms with Gasteiger partial charge in [0.15, 0.2) is 5.11 Å². The Hall–Kier alpha value is -3.76. The van der Waals surface area contributed by atoms with Crippen LogP contribution < -0.4 is 15.5 Å². The number of amides is 1. The molecule has 2 aromatic carbocycles. The summed E-state index contributed by atoms with van der Waals surface area (Å²) in [5.74, 6) is 0.567. The molecule has 0 unspecified atom stereocenters. The molecule has 4 rings (SSSR count). The van der Waals surface area contributed by atoms with Gasteiger partial charge in [-0.2, -0.15) is 0 Å². The van der Waals surface area contributed by atoms with E-state index in [1.54, 1.807) is 36.4 Å². The standard InChI is InChI=1S/C23H22N4O5S/c28-14-18-8-10-21(32-18)15-3-6-17(7-4-15)24-23(33)25-22(29)16-5-9-19(20(13-16)27(30)31)26-11-1-2-12-26/h3-10,13,28H,1-2,11-12,14H2,(H2,24,25,29,33). The third-order valence-electron chi connectivity index (χ3n) is 5.35. The number of nitrogens with zero attached hydrogens (tertiary/aromatic N) is 2. The van der Waals surface area contributed by atoms with Crippen LogP contribution in [-0.2, 0) is 6.61 Å². The summed E-state index contributed by atoms with van der Waals surface area (Å²) < 4.78 is 5.50. The maximum absolute atomic E-state index is 12.6. The quantitative estimate of drug-likeness (QED) is 0.282. The Morgan fingerprint density at radius 2 is 1.85 bits per heavy atom. The number of hydrogen-bond donors (Lipinski definition) is 3. The van der Waals surface area contributed by atoms with Gasteiger partial charge in [0.2, 0.25) is 0 Å². The van der Waals surface area contributed by atoms with Gasteiger partial charge in [-0.25, -0.2) is 0 Å². The highest BCUT2D eigenvalue weighted by Gasteiger charge is 2.24. The molecule has 9 nitrogen and oxygen atoms in total. The van der Waals surface area contributed by atoms with Crippen molar-refractivity contribution >= 4 is 40.3 Å². The summed E-state index contributed by atoms with van der Waals surface area (Å²) in [6.07, 6.45) is 1.98. The summed E-state index contributed by atoms with van der Waals surface area (Å²) in [4.78, 5) is 25.7. The van der Waals surface area contributed by atoms with Crippen LogP contribution in [0.2, 0.25) is 0 Å². The molecule has 0 spiro atoms. The van der Waals surface area contributed by atoms with Crippen LogP contribution in [0.1, 0.15) is 29.0 Å². The lowest BCUT2D eigenvalue weighted by atomic mass is 10.1. The molecule has 1 amide bonds. The fourth-order valence-corrected chi connectivity index (χ4v) is 3.92. The highest BCUT2D eigenvalue weighted by atomic mass is 32.1. The van der Waals surface area contributed by atoms with Crippen molar-refractivity contribution in [3.8, 4) is 11.3 Å². The van der Waals surface area contributed by atoms with Crippen LogP contribution >= 0.6 is 12.2 Å². The first-order valence-electron chi connectivity index (χ1n) is 10.4. The van der Waals surface area contributed by atoms with Crippen LogP contribution in [0.15, 0.2) is 59.0 Å². The van der Waals surface area contributed by atoms with E-state index in [4.69, 9.17) is 21.7 Å². The third-order valence-corrected chi connectivity index (χ3v) is 5.56. The number of aliphatic hydroxyl groups excluding tert-OH is 1. The van der Waals surface area contributed by atoms with Gasteiger partial charge in [-0.3, -0.25) is 20.2 Å². The van der Waals surface area contributed by atoms with E-state index in [2.05, 4.69) is 10.6 Å². The predicted octanol–water partition coefficient (Wildman–Crippen LogP) is 4.07. The molecule has 1 saturated heterocycles. The maximum atomic E-state index is 12.6. The van der Waals surface area contributed by atoms with Crippen molar-refractivity contribution in [3.63, 3.8) is 0 Å². The largest absolute Gasteiger partial charge is 0.459 e. The number of hydrogen-bond acceptors (Lipinski definition) is 7. The summed E-state index contributed by atoms with van der Waals surface area (Å²) >= 11 is 5.22. The molecule has 170 valence electrons. The lowest BCUT2D eigenvalue weighted by Gasteiger charge is -2.18. The number of nitro benzene ring substituents is 1. The zero-order valence-electron chi connectivity index (χ0n) is 17.6. The summed E-state index contributed by atoms with van der Waals surface area (Å²) in [5.41, 5.74) is 2.05. The zero-order valence-corrected chi connectivity index (χ0v) is 18.4. The normalized spacial score (nSPS) is 13.1. The van der Waals surface area contributed by atoms with E-state index in [9.17, 15) is 14.9 Å². The topological polar surface area (TPSA) is 121 Å². The van der Waals surface area contributed by atoms with Crippen LogP contribution in [0.4, 0.5) is 17.1 Å². The van der Waals surface area contributed by atoms with Crippen LogP contribution in [0.3, 0.4) is 0 Å². The van der Waals surface area contributed by atoms with Crippen LogP contribution in [0.25, 0.3) is 11.3 Å². The Balaban J connectivity index is 1.40.